The van der Waals surface area contributed by atoms with Gasteiger partial charge in [-0.3, -0.25) is 4.90 Å². The van der Waals surface area contributed by atoms with Crippen molar-refractivity contribution < 1.29 is 4.74 Å². The lowest BCUT2D eigenvalue weighted by Crippen LogP contribution is -2.60. The first-order valence-electron chi connectivity index (χ1n) is 8.66. The van der Waals surface area contributed by atoms with E-state index in [0.29, 0.717) is 6.10 Å². The van der Waals surface area contributed by atoms with E-state index >= 15 is 0 Å². The summed E-state index contributed by atoms with van der Waals surface area (Å²) in [5.74, 6) is 0.913. The van der Waals surface area contributed by atoms with E-state index in [1.807, 2.05) is 0 Å². The molecule has 0 bridgehead atoms. The van der Waals surface area contributed by atoms with Gasteiger partial charge in [0.25, 0.3) is 0 Å². The van der Waals surface area contributed by atoms with Gasteiger partial charge in [0.15, 0.2) is 0 Å². The molecule has 0 aromatic carbocycles. The molecule has 2 rings (SSSR count). The molecular formula is C17H34N2O. The van der Waals surface area contributed by atoms with Gasteiger partial charge in [0, 0.05) is 24.7 Å². The van der Waals surface area contributed by atoms with Crippen LogP contribution in [0.3, 0.4) is 0 Å². The van der Waals surface area contributed by atoms with Gasteiger partial charge in [-0.1, -0.05) is 20.3 Å². The molecule has 0 aromatic heterocycles. The third kappa shape index (κ3) is 3.55. The average Bonchev–Trinajstić information content (AvgIpc) is 2.48. The summed E-state index contributed by atoms with van der Waals surface area (Å²) in [6.45, 7) is 6.30. The lowest BCUT2D eigenvalue weighted by atomic mass is 9.79. The first-order valence-corrected chi connectivity index (χ1v) is 8.66. The van der Waals surface area contributed by atoms with Crippen LogP contribution in [-0.4, -0.2) is 42.8 Å². The van der Waals surface area contributed by atoms with Crippen molar-refractivity contribution in [2.45, 2.75) is 82.9 Å². The molecule has 3 nitrogen and oxygen atoms in total. The molecule has 1 saturated carbocycles. The molecule has 0 amide bonds. The lowest BCUT2D eigenvalue weighted by Gasteiger charge is -2.50. The fraction of sp³-hybridized carbons (Fsp3) is 1.00. The highest BCUT2D eigenvalue weighted by atomic mass is 16.5. The van der Waals surface area contributed by atoms with Crippen LogP contribution in [0.4, 0.5) is 0 Å². The third-order valence-electron chi connectivity index (χ3n) is 5.80. The van der Waals surface area contributed by atoms with Gasteiger partial charge in [0.1, 0.15) is 0 Å². The standard InChI is InChI=1S/C17H34N2O/c1-4-5-16-12-17(13-18,10-11-20-16)19(3)15-8-6-14(2)7-9-15/h14-16H,4-13,18H2,1-3H3. The minimum absolute atomic E-state index is 0.184. The molecule has 2 N–H and O–H groups in total. The first-order chi connectivity index (χ1) is 9.61. The van der Waals surface area contributed by atoms with Gasteiger partial charge in [-0.05, 0) is 57.9 Å². The van der Waals surface area contributed by atoms with E-state index in [1.165, 1.54) is 38.5 Å². The van der Waals surface area contributed by atoms with Crippen molar-refractivity contribution >= 4 is 0 Å². The Hall–Kier alpha value is -0.120. The smallest absolute Gasteiger partial charge is 0.0593 e. The van der Waals surface area contributed by atoms with Gasteiger partial charge in [-0.15, -0.1) is 0 Å². The molecule has 2 fully saturated rings. The van der Waals surface area contributed by atoms with E-state index < -0.39 is 0 Å². The van der Waals surface area contributed by atoms with Crippen molar-refractivity contribution in [3.8, 4) is 0 Å². The Morgan fingerprint density at radius 3 is 2.55 bits per heavy atom. The molecule has 1 saturated heterocycles. The quantitative estimate of drug-likeness (QED) is 0.841. The molecule has 2 atom stereocenters. The molecule has 20 heavy (non-hydrogen) atoms. The summed E-state index contributed by atoms with van der Waals surface area (Å²) in [4.78, 5) is 2.64. The van der Waals surface area contributed by atoms with Gasteiger partial charge < -0.3 is 10.5 Å². The Morgan fingerprint density at radius 1 is 1.25 bits per heavy atom. The molecule has 2 unspecified atom stereocenters. The summed E-state index contributed by atoms with van der Waals surface area (Å²) >= 11 is 0. The Balaban J connectivity index is 2.01. The van der Waals surface area contributed by atoms with E-state index in [9.17, 15) is 0 Å². The molecule has 0 spiro atoms. The van der Waals surface area contributed by atoms with Crippen LogP contribution in [0.15, 0.2) is 0 Å². The van der Waals surface area contributed by atoms with E-state index in [4.69, 9.17) is 10.5 Å². The SMILES string of the molecule is CCCC1CC(CN)(N(C)C2CCC(C)CC2)CCO1. The fourth-order valence-corrected chi connectivity index (χ4v) is 4.17. The monoisotopic (exact) mass is 282 g/mol. The van der Waals surface area contributed by atoms with Crippen LogP contribution in [0.5, 0.6) is 0 Å². The van der Waals surface area contributed by atoms with Crippen LogP contribution in [0.25, 0.3) is 0 Å². The van der Waals surface area contributed by atoms with Gasteiger partial charge in [-0.25, -0.2) is 0 Å². The van der Waals surface area contributed by atoms with Crippen molar-refractivity contribution in [1.29, 1.82) is 0 Å². The van der Waals surface area contributed by atoms with E-state index in [1.54, 1.807) is 0 Å². The summed E-state index contributed by atoms with van der Waals surface area (Å²) < 4.78 is 5.95. The molecule has 1 aliphatic carbocycles. The van der Waals surface area contributed by atoms with Crippen LogP contribution in [-0.2, 0) is 4.74 Å². The molecule has 1 heterocycles. The highest BCUT2D eigenvalue weighted by molar-refractivity contribution is 4.98. The molecule has 2 aliphatic rings. The number of hydrogen-bond acceptors (Lipinski definition) is 3. The van der Waals surface area contributed by atoms with E-state index in [2.05, 4.69) is 25.8 Å². The molecule has 0 aromatic rings. The fourth-order valence-electron chi connectivity index (χ4n) is 4.17. The first kappa shape index (κ1) is 16.3. The minimum Gasteiger partial charge on any atom is -0.378 e. The molecule has 1 aliphatic heterocycles. The Kier molecular flexibility index (Phi) is 5.88. The summed E-state index contributed by atoms with van der Waals surface area (Å²) in [5, 5.41) is 0. The lowest BCUT2D eigenvalue weighted by molar-refractivity contribution is -0.0822. The summed E-state index contributed by atoms with van der Waals surface area (Å²) in [5.41, 5.74) is 6.42. The van der Waals surface area contributed by atoms with Crippen LogP contribution < -0.4 is 5.73 Å². The summed E-state index contributed by atoms with van der Waals surface area (Å²) in [6.07, 6.45) is 10.5. The normalized spacial score (nSPS) is 39.1. The second-order valence-corrected chi connectivity index (χ2v) is 7.19. The number of likely N-dealkylation sites (N-methyl/N-ethyl adjacent to an activating group) is 1. The van der Waals surface area contributed by atoms with Crippen molar-refractivity contribution in [3.63, 3.8) is 0 Å². The number of nitrogens with zero attached hydrogens (tertiary/aromatic N) is 1. The number of nitrogens with two attached hydrogens (primary N) is 1. The van der Waals surface area contributed by atoms with Gasteiger partial charge in [0.05, 0.1) is 6.10 Å². The maximum Gasteiger partial charge on any atom is 0.0593 e. The number of ether oxygens (including phenoxy) is 1. The number of hydrogen-bond donors (Lipinski definition) is 1. The van der Waals surface area contributed by atoms with Crippen LogP contribution in [0.1, 0.15) is 65.2 Å². The summed E-state index contributed by atoms with van der Waals surface area (Å²) in [6, 6.07) is 0.732. The predicted molar refractivity (Wildman–Crippen MR) is 84.9 cm³/mol. The van der Waals surface area contributed by atoms with Crippen LogP contribution in [0, 0.1) is 5.92 Å². The predicted octanol–water partition coefficient (Wildman–Crippen LogP) is 3.17. The van der Waals surface area contributed by atoms with Crippen LogP contribution >= 0.6 is 0 Å². The topological polar surface area (TPSA) is 38.5 Å². The minimum atomic E-state index is 0.184. The zero-order valence-corrected chi connectivity index (χ0v) is 13.7. The van der Waals surface area contributed by atoms with E-state index in [-0.39, 0.29) is 5.54 Å². The Morgan fingerprint density at radius 2 is 1.95 bits per heavy atom. The van der Waals surface area contributed by atoms with E-state index in [0.717, 1.165) is 38.0 Å². The maximum absolute atomic E-state index is 6.23. The second-order valence-electron chi connectivity index (χ2n) is 7.19. The second kappa shape index (κ2) is 7.24. The van der Waals surface area contributed by atoms with Gasteiger partial charge >= 0.3 is 0 Å². The zero-order chi connectivity index (χ0) is 14.6. The Labute approximate surface area is 125 Å². The highest BCUT2D eigenvalue weighted by Crippen LogP contribution is 2.36. The maximum atomic E-state index is 6.23. The summed E-state index contributed by atoms with van der Waals surface area (Å²) in [7, 11) is 2.32. The average molecular weight is 282 g/mol. The molecule has 3 heteroatoms. The van der Waals surface area contributed by atoms with Crippen LogP contribution in [0.2, 0.25) is 0 Å². The largest absolute Gasteiger partial charge is 0.378 e. The van der Waals surface area contributed by atoms with Crippen molar-refractivity contribution in [3.05, 3.63) is 0 Å². The van der Waals surface area contributed by atoms with Gasteiger partial charge in [0.2, 0.25) is 0 Å². The highest BCUT2D eigenvalue weighted by Gasteiger charge is 2.42. The molecule has 118 valence electrons. The van der Waals surface area contributed by atoms with Gasteiger partial charge in [-0.2, -0.15) is 0 Å². The zero-order valence-electron chi connectivity index (χ0n) is 13.7. The van der Waals surface area contributed by atoms with Crippen molar-refractivity contribution in [2.24, 2.45) is 11.7 Å². The van der Waals surface area contributed by atoms with Crippen molar-refractivity contribution in [2.75, 3.05) is 20.2 Å². The van der Waals surface area contributed by atoms with Crippen molar-refractivity contribution in [1.82, 2.24) is 4.90 Å². The Bertz CT molecular complexity index is 287. The molecule has 0 radical (unpaired) electrons. The third-order valence-corrected chi connectivity index (χ3v) is 5.80. The number of rotatable bonds is 5. The molecular weight excluding hydrogens is 248 g/mol.